The smallest absolute Gasteiger partial charge is 0.550 e. The second kappa shape index (κ2) is 18.1. The zero-order valence-corrected chi connectivity index (χ0v) is 15.6. The number of aliphatic carboxylic acids is 1. The summed E-state index contributed by atoms with van der Waals surface area (Å²) in [6, 6.07) is 0. The van der Waals surface area contributed by atoms with Crippen LogP contribution in [0, 0.1) is 0 Å². The molecule has 102 valence electrons. The van der Waals surface area contributed by atoms with E-state index in [1.165, 1.54) is 64.2 Å². The molecule has 0 heterocycles. The first-order valence-electron chi connectivity index (χ1n) is 7.47. The molecule has 3 heteroatoms. The topological polar surface area (TPSA) is 40.1 Å². The number of carboxylic acids is 1. The van der Waals surface area contributed by atoms with Crippen LogP contribution in [0.5, 0.6) is 0 Å². The zero-order chi connectivity index (χ0) is 12.8. The number of rotatable bonds is 13. The van der Waals surface area contributed by atoms with Crippen LogP contribution in [-0.4, -0.2) is 5.97 Å². The number of carboxylic acid groups (broad SMARTS) is 1. The predicted octanol–water partition coefficient (Wildman–Crippen LogP) is 0.832. The molecule has 0 spiro atoms. The Kier molecular flexibility index (Phi) is 21.5. The molecule has 0 fully saturated rings. The maximum absolute atomic E-state index is 10.2. The van der Waals surface area contributed by atoms with Gasteiger partial charge >= 0.3 is 51.4 Å². The van der Waals surface area contributed by atoms with Gasteiger partial charge < -0.3 is 9.90 Å². The minimum atomic E-state index is -0.905. The van der Waals surface area contributed by atoms with Gasteiger partial charge in [-0.1, -0.05) is 77.6 Å². The summed E-state index contributed by atoms with van der Waals surface area (Å²) in [6.07, 6.45) is 15.5. The van der Waals surface area contributed by atoms with Crippen molar-refractivity contribution in [3.05, 3.63) is 0 Å². The van der Waals surface area contributed by atoms with E-state index in [1.54, 1.807) is 0 Å². The van der Waals surface area contributed by atoms with Gasteiger partial charge in [0.1, 0.15) is 0 Å². The normalized spacial score (nSPS) is 10.1. The zero-order valence-electron chi connectivity index (χ0n) is 12.5. The summed E-state index contributed by atoms with van der Waals surface area (Å²) >= 11 is 0. The minimum Gasteiger partial charge on any atom is -0.550 e. The van der Waals surface area contributed by atoms with Crippen molar-refractivity contribution in [3.8, 4) is 0 Å². The van der Waals surface area contributed by atoms with Gasteiger partial charge in [-0.25, -0.2) is 0 Å². The third kappa shape index (κ3) is 19.4. The second-order valence-corrected chi connectivity index (χ2v) is 5.01. The van der Waals surface area contributed by atoms with E-state index < -0.39 is 5.97 Å². The van der Waals surface area contributed by atoms with Gasteiger partial charge in [0, 0.05) is 5.97 Å². The second-order valence-electron chi connectivity index (χ2n) is 5.01. The fourth-order valence-corrected chi connectivity index (χ4v) is 2.11. The quantitative estimate of drug-likeness (QED) is 0.370. The van der Waals surface area contributed by atoms with Gasteiger partial charge in [-0.2, -0.15) is 0 Å². The maximum atomic E-state index is 10.2. The Balaban J connectivity index is 0. The number of carbonyl (C=O) groups excluding carboxylic acids is 1. The molecule has 0 bridgehead atoms. The van der Waals surface area contributed by atoms with Crippen LogP contribution in [0.25, 0.3) is 0 Å². The Morgan fingerprint density at radius 2 is 1.06 bits per heavy atom. The molecule has 0 aromatic heterocycles. The van der Waals surface area contributed by atoms with Crippen molar-refractivity contribution in [1.29, 1.82) is 0 Å². The molecule has 0 aliphatic carbocycles. The summed E-state index contributed by atoms with van der Waals surface area (Å²) in [7, 11) is 0. The molecular weight excluding hydrogens is 251 g/mol. The van der Waals surface area contributed by atoms with E-state index in [4.69, 9.17) is 0 Å². The van der Waals surface area contributed by atoms with Gasteiger partial charge in [0.15, 0.2) is 0 Å². The van der Waals surface area contributed by atoms with E-state index in [9.17, 15) is 9.90 Å². The fourth-order valence-electron chi connectivity index (χ4n) is 2.11. The van der Waals surface area contributed by atoms with Crippen molar-refractivity contribution in [1.82, 2.24) is 0 Å². The summed E-state index contributed by atoms with van der Waals surface area (Å²) in [5, 5.41) is 10.2. The van der Waals surface area contributed by atoms with Gasteiger partial charge in [-0.3, -0.25) is 0 Å². The van der Waals surface area contributed by atoms with Crippen molar-refractivity contribution in [2.75, 3.05) is 0 Å². The van der Waals surface area contributed by atoms with Gasteiger partial charge in [-0.15, -0.1) is 0 Å². The first-order chi connectivity index (χ1) is 8.27. The van der Waals surface area contributed by atoms with Crippen LogP contribution in [0.2, 0.25) is 0 Å². The molecule has 0 aromatic rings. The Morgan fingerprint density at radius 1 is 0.722 bits per heavy atom. The van der Waals surface area contributed by atoms with Gasteiger partial charge in [0.25, 0.3) is 0 Å². The Labute approximate surface area is 156 Å². The molecule has 0 aliphatic rings. The SMILES string of the molecule is CCCCCCCCCCCCCCC(=O)[O-].[K+]. The van der Waals surface area contributed by atoms with Crippen LogP contribution in [0.4, 0.5) is 0 Å². The van der Waals surface area contributed by atoms with E-state index in [1.807, 2.05) is 0 Å². The molecular formula is C15H29KO2. The van der Waals surface area contributed by atoms with Crippen LogP contribution in [0.1, 0.15) is 90.4 Å². The largest absolute Gasteiger partial charge is 1.00 e. The molecule has 0 radical (unpaired) electrons. The summed E-state index contributed by atoms with van der Waals surface area (Å²) in [6.45, 7) is 2.25. The molecule has 0 N–H and O–H groups in total. The molecule has 0 atom stereocenters. The van der Waals surface area contributed by atoms with Crippen LogP contribution in [0.3, 0.4) is 0 Å². The minimum absolute atomic E-state index is 0. The van der Waals surface area contributed by atoms with Crippen molar-refractivity contribution >= 4 is 5.97 Å². The molecule has 0 rings (SSSR count). The van der Waals surface area contributed by atoms with E-state index in [0.717, 1.165) is 12.8 Å². The molecule has 2 nitrogen and oxygen atoms in total. The number of unbranched alkanes of at least 4 members (excludes halogenated alkanes) is 11. The first-order valence-corrected chi connectivity index (χ1v) is 7.47. The van der Waals surface area contributed by atoms with Crippen molar-refractivity contribution in [2.45, 2.75) is 90.4 Å². The molecule has 0 saturated heterocycles. The number of hydrogen-bond acceptors (Lipinski definition) is 2. The van der Waals surface area contributed by atoms with Crippen LogP contribution in [-0.2, 0) is 4.79 Å². The van der Waals surface area contributed by atoms with Crippen molar-refractivity contribution in [2.24, 2.45) is 0 Å². The van der Waals surface area contributed by atoms with Crippen LogP contribution < -0.4 is 56.5 Å². The number of carbonyl (C=O) groups is 1. The Hall–Kier alpha value is 1.11. The summed E-state index contributed by atoms with van der Waals surface area (Å²) in [5.41, 5.74) is 0. The van der Waals surface area contributed by atoms with Crippen LogP contribution in [0.15, 0.2) is 0 Å². The molecule has 0 aromatic carbocycles. The molecule has 18 heavy (non-hydrogen) atoms. The fraction of sp³-hybridized carbons (Fsp3) is 0.933. The number of hydrogen-bond donors (Lipinski definition) is 0. The average Bonchev–Trinajstić information content (AvgIpc) is 2.30. The van der Waals surface area contributed by atoms with Crippen molar-refractivity contribution in [3.63, 3.8) is 0 Å². The summed E-state index contributed by atoms with van der Waals surface area (Å²) in [4.78, 5) is 10.2. The molecule has 0 aliphatic heterocycles. The first kappa shape index (κ1) is 21.4. The van der Waals surface area contributed by atoms with Gasteiger partial charge in [0.05, 0.1) is 0 Å². The maximum Gasteiger partial charge on any atom is 1.00 e. The van der Waals surface area contributed by atoms with Crippen LogP contribution >= 0.6 is 0 Å². The molecule has 0 amide bonds. The summed E-state index contributed by atoms with van der Waals surface area (Å²) < 4.78 is 0. The standard InChI is InChI=1S/C15H30O2.K/c1-2-3-4-5-6-7-8-9-10-11-12-13-14-15(16)17;/h2-14H2,1H3,(H,16,17);/q;+1/p-1. The van der Waals surface area contributed by atoms with E-state index in [2.05, 4.69) is 6.92 Å². The molecule has 0 unspecified atom stereocenters. The van der Waals surface area contributed by atoms with Gasteiger partial charge in [-0.05, 0) is 12.8 Å². The van der Waals surface area contributed by atoms with E-state index >= 15 is 0 Å². The van der Waals surface area contributed by atoms with E-state index in [0.29, 0.717) is 0 Å². The third-order valence-electron chi connectivity index (χ3n) is 3.23. The van der Waals surface area contributed by atoms with Crippen molar-refractivity contribution < 1.29 is 61.3 Å². The third-order valence-corrected chi connectivity index (χ3v) is 3.23. The van der Waals surface area contributed by atoms with E-state index in [-0.39, 0.29) is 57.8 Å². The Morgan fingerprint density at radius 3 is 1.39 bits per heavy atom. The Bertz CT molecular complexity index is 172. The predicted molar refractivity (Wildman–Crippen MR) is 70.7 cm³/mol. The van der Waals surface area contributed by atoms with Gasteiger partial charge in [0.2, 0.25) is 0 Å². The summed E-state index contributed by atoms with van der Waals surface area (Å²) in [5.74, 6) is -0.905. The monoisotopic (exact) mass is 280 g/mol. The average molecular weight is 280 g/mol. The molecule has 0 saturated carbocycles.